The van der Waals surface area contributed by atoms with Crippen LogP contribution >= 0.6 is 11.6 Å². The van der Waals surface area contributed by atoms with Crippen molar-refractivity contribution >= 4 is 11.6 Å². The van der Waals surface area contributed by atoms with Crippen LogP contribution in [-0.4, -0.2) is 19.9 Å². The molecule has 0 aromatic carbocycles. The van der Waals surface area contributed by atoms with E-state index in [0.717, 1.165) is 5.69 Å². The summed E-state index contributed by atoms with van der Waals surface area (Å²) in [4.78, 5) is 3.91. The van der Waals surface area contributed by atoms with E-state index in [9.17, 15) is 0 Å². The molecule has 0 spiro atoms. The molecular formula is C9H8ClN3O. The molecule has 2 aromatic rings. The Morgan fingerprint density at radius 1 is 1.43 bits per heavy atom. The van der Waals surface area contributed by atoms with Crippen LogP contribution in [-0.2, 0) is 6.61 Å². The highest BCUT2D eigenvalue weighted by molar-refractivity contribution is 6.30. The molecule has 72 valence electrons. The van der Waals surface area contributed by atoms with Gasteiger partial charge in [0.05, 0.1) is 23.5 Å². The number of halogens is 1. The third kappa shape index (κ3) is 1.62. The second-order valence-corrected chi connectivity index (χ2v) is 3.20. The zero-order valence-electron chi connectivity index (χ0n) is 7.26. The first kappa shape index (κ1) is 9.18. The maximum atomic E-state index is 9.07. The number of hydrogen-bond acceptors (Lipinski definition) is 3. The molecule has 0 aliphatic carbocycles. The molecule has 0 aliphatic heterocycles. The molecule has 4 nitrogen and oxygen atoms in total. The first-order chi connectivity index (χ1) is 6.81. The van der Waals surface area contributed by atoms with E-state index < -0.39 is 0 Å². The van der Waals surface area contributed by atoms with Gasteiger partial charge in [0.1, 0.15) is 0 Å². The fourth-order valence-electron chi connectivity index (χ4n) is 1.20. The quantitative estimate of drug-likeness (QED) is 0.814. The second kappa shape index (κ2) is 3.77. The van der Waals surface area contributed by atoms with Crippen molar-refractivity contribution in [2.75, 3.05) is 0 Å². The molecule has 0 saturated heterocycles. The molecule has 0 atom stereocenters. The van der Waals surface area contributed by atoms with Gasteiger partial charge in [0, 0.05) is 24.2 Å². The van der Waals surface area contributed by atoms with Crippen molar-refractivity contribution in [3.05, 3.63) is 41.4 Å². The summed E-state index contributed by atoms with van der Waals surface area (Å²) in [5.41, 5.74) is 1.50. The van der Waals surface area contributed by atoms with Crippen LogP contribution in [0, 0.1) is 0 Å². The second-order valence-electron chi connectivity index (χ2n) is 2.77. The number of nitrogens with zero attached hydrogens (tertiary/aromatic N) is 3. The Balaban J connectivity index is 2.50. The summed E-state index contributed by atoms with van der Waals surface area (Å²) in [7, 11) is 0. The van der Waals surface area contributed by atoms with E-state index in [1.54, 1.807) is 35.5 Å². The Labute approximate surface area is 85.8 Å². The van der Waals surface area contributed by atoms with Gasteiger partial charge >= 0.3 is 0 Å². The van der Waals surface area contributed by atoms with E-state index in [4.69, 9.17) is 16.7 Å². The number of aromatic nitrogens is 3. The normalized spacial score (nSPS) is 10.4. The summed E-state index contributed by atoms with van der Waals surface area (Å²) in [5, 5.41) is 13.7. The van der Waals surface area contributed by atoms with Crippen LogP contribution in [0.1, 0.15) is 5.56 Å². The Hall–Kier alpha value is -1.39. The average Bonchev–Trinajstić information content (AvgIpc) is 2.65. The van der Waals surface area contributed by atoms with Crippen LogP contribution in [0.15, 0.2) is 30.9 Å². The first-order valence-electron chi connectivity index (χ1n) is 4.05. The lowest BCUT2D eigenvalue weighted by molar-refractivity contribution is 0.281. The topological polar surface area (TPSA) is 50.9 Å². The van der Waals surface area contributed by atoms with E-state index in [1.807, 2.05) is 0 Å². The fourth-order valence-corrected chi connectivity index (χ4v) is 1.33. The molecule has 1 N–H and O–H groups in total. The van der Waals surface area contributed by atoms with Crippen LogP contribution < -0.4 is 0 Å². The molecule has 0 saturated carbocycles. The maximum absolute atomic E-state index is 9.07. The zero-order valence-corrected chi connectivity index (χ0v) is 8.02. The molecule has 2 heterocycles. The first-order valence-corrected chi connectivity index (χ1v) is 4.43. The molecule has 2 aromatic heterocycles. The fraction of sp³-hybridized carbons (Fsp3) is 0.111. The van der Waals surface area contributed by atoms with Gasteiger partial charge in [0.25, 0.3) is 0 Å². The van der Waals surface area contributed by atoms with Crippen molar-refractivity contribution in [2.24, 2.45) is 0 Å². The number of aliphatic hydroxyl groups excluding tert-OH is 1. The largest absolute Gasteiger partial charge is 0.392 e. The zero-order chi connectivity index (χ0) is 9.97. The Kier molecular flexibility index (Phi) is 2.47. The van der Waals surface area contributed by atoms with Gasteiger partial charge in [-0.1, -0.05) is 11.6 Å². The van der Waals surface area contributed by atoms with Crippen molar-refractivity contribution in [3.63, 3.8) is 0 Å². The molecule has 0 fully saturated rings. The SMILES string of the molecule is OCc1cnccc1-n1cc(Cl)cn1. The smallest absolute Gasteiger partial charge is 0.0790 e. The van der Waals surface area contributed by atoms with Gasteiger partial charge in [0.15, 0.2) is 0 Å². The average molecular weight is 210 g/mol. The Morgan fingerprint density at radius 2 is 2.29 bits per heavy atom. The summed E-state index contributed by atoms with van der Waals surface area (Å²) in [5.74, 6) is 0. The van der Waals surface area contributed by atoms with Gasteiger partial charge in [-0.25, -0.2) is 4.68 Å². The molecule has 0 unspecified atom stereocenters. The summed E-state index contributed by atoms with van der Waals surface area (Å²) in [6, 6.07) is 1.77. The Morgan fingerprint density at radius 3 is 2.93 bits per heavy atom. The summed E-state index contributed by atoms with van der Waals surface area (Å²) >= 11 is 5.74. The molecule has 0 bridgehead atoms. The number of pyridine rings is 1. The summed E-state index contributed by atoms with van der Waals surface area (Å²) in [6.45, 7) is -0.0688. The van der Waals surface area contributed by atoms with Crippen LogP contribution in [0.5, 0.6) is 0 Å². The van der Waals surface area contributed by atoms with Gasteiger partial charge < -0.3 is 5.11 Å². The van der Waals surface area contributed by atoms with Crippen LogP contribution in [0.4, 0.5) is 0 Å². The van der Waals surface area contributed by atoms with Crippen molar-refractivity contribution in [1.82, 2.24) is 14.8 Å². The van der Waals surface area contributed by atoms with Crippen molar-refractivity contribution in [2.45, 2.75) is 6.61 Å². The van der Waals surface area contributed by atoms with Crippen LogP contribution in [0.25, 0.3) is 5.69 Å². The van der Waals surface area contributed by atoms with Gasteiger partial charge in [-0.05, 0) is 6.07 Å². The van der Waals surface area contributed by atoms with E-state index in [2.05, 4.69) is 10.1 Å². The van der Waals surface area contributed by atoms with Gasteiger partial charge in [-0.15, -0.1) is 0 Å². The number of hydrogen-bond donors (Lipinski definition) is 1. The van der Waals surface area contributed by atoms with Crippen LogP contribution in [0.3, 0.4) is 0 Å². The van der Waals surface area contributed by atoms with Gasteiger partial charge in [-0.2, -0.15) is 5.10 Å². The number of aliphatic hydroxyl groups is 1. The molecule has 2 rings (SSSR count). The lowest BCUT2D eigenvalue weighted by Gasteiger charge is -2.05. The minimum atomic E-state index is -0.0688. The summed E-state index contributed by atoms with van der Waals surface area (Å²) < 4.78 is 1.61. The number of rotatable bonds is 2. The predicted octanol–water partition coefficient (Wildman–Crippen LogP) is 1.41. The summed E-state index contributed by atoms with van der Waals surface area (Å²) in [6.07, 6.45) is 6.47. The minimum absolute atomic E-state index is 0.0688. The minimum Gasteiger partial charge on any atom is -0.392 e. The monoisotopic (exact) mass is 209 g/mol. The van der Waals surface area contributed by atoms with E-state index >= 15 is 0 Å². The van der Waals surface area contributed by atoms with E-state index in [-0.39, 0.29) is 6.61 Å². The third-order valence-electron chi connectivity index (χ3n) is 1.85. The Bertz CT molecular complexity index is 441. The molecule has 5 heteroatoms. The molecule has 0 radical (unpaired) electrons. The lowest BCUT2D eigenvalue weighted by atomic mass is 10.2. The molecular weight excluding hydrogens is 202 g/mol. The highest BCUT2D eigenvalue weighted by atomic mass is 35.5. The van der Waals surface area contributed by atoms with Crippen molar-refractivity contribution in [1.29, 1.82) is 0 Å². The van der Waals surface area contributed by atoms with E-state index in [1.165, 1.54) is 0 Å². The van der Waals surface area contributed by atoms with Crippen molar-refractivity contribution in [3.8, 4) is 5.69 Å². The van der Waals surface area contributed by atoms with Crippen molar-refractivity contribution < 1.29 is 5.11 Å². The molecule has 0 amide bonds. The highest BCUT2D eigenvalue weighted by Gasteiger charge is 2.04. The highest BCUT2D eigenvalue weighted by Crippen LogP contribution is 2.14. The maximum Gasteiger partial charge on any atom is 0.0790 e. The molecule has 14 heavy (non-hydrogen) atoms. The predicted molar refractivity (Wildman–Crippen MR) is 52.3 cm³/mol. The van der Waals surface area contributed by atoms with Crippen LogP contribution in [0.2, 0.25) is 5.02 Å². The van der Waals surface area contributed by atoms with E-state index in [0.29, 0.717) is 10.6 Å². The van der Waals surface area contributed by atoms with Gasteiger partial charge in [0.2, 0.25) is 0 Å². The lowest BCUT2D eigenvalue weighted by Crippen LogP contribution is -2.00. The van der Waals surface area contributed by atoms with Gasteiger partial charge in [-0.3, -0.25) is 4.98 Å². The third-order valence-corrected chi connectivity index (χ3v) is 2.04. The molecule has 0 aliphatic rings. The standard InChI is InChI=1S/C9H8ClN3O/c10-8-4-12-13(5-8)9-1-2-11-3-7(9)6-14/h1-5,14H,6H2.